The highest BCUT2D eigenvalue weighted by Gasteiger charge is 2.12. The van der Waals surface area contributed by atoms with E-state index in [-0.39, 0.29) is 5.91 Å². The van der Waals surface area contributed by atoms with Gasteiger partial charge in [0.05, 0.1) is 12.4 Å². The summed E-state index contributed by atoms with van der Waals surface area (Å²) >= 11 is 1.67. The first-order valence-electron chi connectivity index (χ1n) is 10.2. The molecule has 8 heteroatoms. The zero-order valence-corrected chi connectivity index (χ0v) is 18.7. The smallest absolute Gasteiger partial charge is 0.251 e. The molecule has 0 aliphatic carbocycles. The predicted molar refractivity (Wildman–Crippen MR) is 123 cm³/mol. The SMILES string of the molecule is CN(C)CCCNC(=O)c1cccc(-c2nnc(CSCCOc3ccccc3)o2)c1. The average molecular weight is 441 g/mol. The van der Waals surface area contributed by atoms with E-state index in [4.69, 9.17) is 9.15 Å². The first-order chi connectivity index (χ1) is 15.1. The van der Waals surface area contributed by atoms with E-state index in [9.17, 15) is 4.79 Å². The molecule has 0 unspecified atom stereocenters. The van der Waals surface area contributed by atoms with Gasteiger partial charge in [-0.05, 0) is 57.4 Å². The molecule has 1 amide bonds. The lowest BCUT2D eigenvalue weighted by atomic mass is 10.1. The zero-order valence-electron chi connectivity index (χ0n) is 17.9. The second-order valence-corrected chi connectivity index (χ2v) is 8.31. The molecular formula is C23H28N4O3S. The Hall–Kier alpha value is -2.84. The Labute approximate surface area is 187 Å². The number of nitrogens with zero attached hydrogens (tertiary/aromatic N) is 3. The number of ether oxygens (including phenoxy) is 1. The minimum atomic E-state index is -0.102. The van der Waals surface area contributed by atoms with E-state index < -0.39 is 0 Å². The van der Waals surface area contributed by atoms with Gasteiger partial charge in [0.15, 0.2) is 0 Å². The van der Waals surface area contributed by atoms with Crippen LogP contribution in [0, 0.1) is 0 Å². The van der Waals surface area contributed by atoms with Crippen LogP contribution in [0.1, 0.15) is 22.7 Å². The quantitative estimate of drug-likeness (QED) is 0.430. The predicted octanol–water partition coefficient (Wildman–Crippen LogP) is 3.73. The molecule has 0 atom stereocenters. The van der Waals surface area contributed by atoms with Gasteiger partial charge in [-0.1, -0.05) is 24.3 Å². The first kappa shape index (κ1) is 22.8. The number of amides is 1. The van der Waals surface area contributed by atoms with Gasteiger partial charge in [0, 0.05) is 23.4 Å². The summed E-state index contributed by atoms with van der Waals surface area (Å²) in [7, 11) is 4.03. The third-order valence-electron chi connectivity index (χ3n) is 4.37. The molecule has 0 saturated carbocycles. The second-order valence-electron chi connectivity index (χ2n) is 7.21. The molecule has 1 aromatic heterocycles. The summed E-state index contributed by atoms with van der Waals surface area (Å²) in [5.41, 5.74) is 1.31. The van der Waals surface area contributed by atoms with E-state index in [0.717, 1.165) is 30.0 Å². The summed E-state index contributed by atoms with van der Waals surface area (Å²) in [5, 5.41) is 11.2. The number of hydrogen-bond acceptors (Lipinski definition) is 7. The fourth-order valence-corrected chi connectivity index (χ4v) is 3.45. The molecule has 0 aliphatic heterocycles. The molecule has 7 nitrogen and oxygen atoms in total. The number of aromatic nitrogens is 2. The van der Waals surface area contributed by atoms with Gasteiger partial charge >= 0.3 is 0 Å². The molecule has 0 fully saturated rings. The minimum absolute atomic E-state index is 0.102. The maximum Gasteiger partial charge on any atom is 0.251 e. The molecule has 1 N–H and O–H groups in total. The molecule has 31 heavy (non-hydrogen) atoms. The van der Waals surface area contributed by atoms with Crippen LogP contribution in [0.3, 0.4) is 0 Å². The Bertz CT molecular complexity index is 947. The number of thioether (sulfide) groups is 1. The standard InChI is InChI=1S/C23H28N4O3S/c1-27(2)13-7-12-24-22(28)18-8-6-9-19(16-18)23-26-25-21(30-23)17-31-15-14-29-20-10-4-3-5-11-20/h3-6,8-11,16H,7,12-15,17H2,1-2H3,(H,24,28). The van der Waals surface area contributed by atoms with Gasteiger partial charge < -0.3 is 19.4 Å². The van der Waals surface area contributed by atoms with E-state index in [1.54, 1.807) is 23.9 Å². The van der Waals surface area contributed by atoms with Crippen molar-refractivity contribution in [3.8, 4) is 17.2 Å². The number of para-hydroxylation sites is 1. The van der Waals surface area contributed by atoms with Crippen LogP contribution in [-0.2, 0) is 5.75 Å². The highest BCUT2D eigenvalue weighted by atomic mass is 32.2. The molecule has 0 aliphatic rings. The monoisotopic (exact) mass is 440 g/mol. The molecule has 3 rings (SSSR count). The lowest BCUT2D eigenvalue weighted by Crippen LogP contribution is -2.27. The normalized spacial score (nSPS) is 10.9. The number of nitrogens with one attached hydrogen (secondary N) is 1. The van der Waals surface area contributed by atoms with Crippen molar-refractivity contribution in [2.75, 3.05) is 39.5 Å². The largest absolute Gasteiger partial charge is 0.493 e. The van der Waals surface area contributed by atoms with Crippen molar-refractivity contribution in [2.45, 2.75) is 12.2 Å². The first-order valence-corrected chi connectivity index (χ1v) is 11.4. The summed E-state index contributed by atoms with van der Waals surface area (Å²) in [6.07, 6.45) is 0.902. The van der Waals surface area contributed by atoms with Gasteiger partial charge in [-0.25, -0.2) is 0 Å². The summed E-state index contributed by atoms with van der Waals surface area (Å²) in [6.45, 7) is 2.18. The number of rotatable bonds is 12. The molecule has 0 spiro atoms. The summed E-state index contributed by atoms with van der Waals surface area (Å²) in [5.74, 6) is 3.16. The van der Waals surface area contributed by atoms with Crippen LogP contribution >= 0.6 is 11.8 Å². The van der Waals surface area contributed by atoms with Crippen molar-refractivity contribution < 1.29 is 13.9 Å². The zero-order chi connectivity index (χ0) is 21.9. The Balaban J connectivity index is 1.45. The lowest BCUT2D eigenvalue weighted by molar-refractivity contribution is 0.0952. The van der Waals surface area contributed by atoms with Gasteiger partial charge in [0.25, 0.3) is 5.91 Å². The van der Waals surface area contributed by atoms with Crippen LogP contribution in [-0.4, -0.2) is 60.5 Å². The van der Waals surface area contributed by atoms with Crippen molar-refractivity contribution in [1.29, 1.82) is 0 Å². The highest BCUT2D eigenvalue weighted by molar-refractivity contribution is 7.98. The molecule has 0 saturated heterocycles. The maximum atomic E-state index is 12.4. The Morgan fingerprint density at radius 2 is 1.97 bits per heavy atom. The van der Waals surface area contributed by atoms with Crippen LogP contribution in [0.25, 0.3) is 11.5 Å². The summed E-state index contributed by atoms with van der Waals surface area (Å²) < 4.78 is 11.4. The molecule has 1 heterocycles. The van der Waals surface area contributed by atoms with Crippen LogP contribution in [0.2, 0.25) is 0 Å². The molecule has 2 aromatic carbocycles. The van der Waals surface area contributed by atoms with Crippen molar-refractivity contribution in [1.82, 2.24) is 20.4 Å². The van der Waals surface area contributed by atoms with E-state index in [1.807, 2.05) is 56.6 Å². The maximum absolute atomic E-state index is 12.4. The molecule has 0 bridgehead atoms. The van der Waals surface area contributed by atoms with Gasteiger partial charge in [-0.3, -0.25) is 4.79 Å². The van der Waals surface area contributed by atoms with Crippen molar-refractivity contribution in [3.05, 3.63) is 66.1 Å². The van der Waals surface area contributed by atoms with E-state index in [2.05, 4.69) is 20.4 Å². The van der Waals surface area contributed by atoms with E-state index in [0.29, 0.717) is 36.2 Å². The van der Waals surface area contributed by atoms with E-state index >= 15 is 0 Å². The van der Waals surface area contributed by atoms with Gasteiger partial charge in [-0.2, -0.15) is 0 Å². The average Bonchev–Trinajstić information content (AvgIpc) is 3.26. The van der Waals surface area contributed by atoms with Crippen LogP contribution in [0.4, 0.5) is 0 Å². The minimum Gasteiger partial charge on any atom is -0.493 e. The van der Waals surface area contributed by atoms with Gasteiger partial charge in [-0.15, -0.1) is 22.0 Å². The highest BCUT2D eigenvalue weighted by Crippen LogP contribution is 2.21. The van der Waals surface area contributed by atoms with Crippen LogP contribution in [0.15, 0.2) is 59.0 Å². The van der Waals surface area contributed by atoms with E-state index in [1.165, 1.54) is 0 Å². The number of hydrogen-bond donors (Lipinski definition) is 1. The fraction of sp³-hybridized carbons (Fsp3) is 0.348. The molecular weight excluding hydrogens is 412 g/mol. The Kier molecular flexibility index (Phi) is 8.93. The van der Waals surface area contributed by atoms with Crippen molar-refractivity contribution in [3.63, 3.8) is 0 Å². The molecule has 3 aromatic rings. The topological polar surface area (TPSA) is 80.5 Å². The van der Waals surface area contributed by atoms with Crippen LogP contribution < -0.4 is 10.1 Å². The van der Waals surface area contributed by atoms with Crippen molar-refractivity contribution in [2.24, 2.45) is 0 Å². The number of carbonyl (C=O) groups is 1. The summed E-state index contributed by atoms with van der Waals surface area (Å²) in [4.78, 5) is 14.5. The van der Waals surface area contributed by atoms with Crippen molar-refractivity contribution >= 4 is 17.7 Å². The fourth-order valence-electron chi connectivity index (χ4n) is 2.82. The van der Waals surface area contributed by atoms with Crippen LogP contribution in [0.5, 0.6) is 5.75 Å². The number of carbonyl (C=O) groups excluding carboxylic acids is 1. The summed E-state index contributed by atoms with van der Waals surface area (Å²) in [6, 6.07) is 17.0. The van der Waals surface area contributed by atoms with Gasteiger partial charge in [0.2, 0.25) is 11.8 Å². The van der Waals surface area contributed by atoms with Gasteiger partial charge in [0.1, 0.15) is 5.75 Å². The Morgan fingerprint density at radius 3 is 2.77 bits per heavy atom. The molecule has 164 valence electrons. The third-order valence-corrected chi connectivity index (χ3v) is 5.28. The second kappa shape index (κ2) is 12.1. The molecule has 0 radical (unpaired) electrons. The Morgan fingerprint density at radius 1 is 1.13 bits per heavy atom. The third kappa shape index (κ3) is 7.73. The lowest BCUT2D eigenvalue weighted by Gasteiger charge is -2.10. The number of benzene rings is 2.